The number of rotatable bonds is 7. The standard InChI is InChI=1S/C15H29NO2/c1-2-16-15(13-7-3-4-8-13)12-17-11-14-9-5-6-10-18-14/h13-16H,2-12H2,1H3. The first-order valence-corrected chi connectivity index (χ1v) is 7.83. The van der Waals surface area contributed by atoms with Gasteiger partial charge in [0.1, 0.15) is 0 Å². The topological polar surface area (TPSA) is 30.5 Å². The van der Waals surface area contributed by atoms with Crippen LogP contribution >= 0.6 is 0 Å². The van der Waals surface area contributed by atoms with Gasteiger partial charge >= 0.3 is 0 Å². The van der Waals surface area contributed by atoms with Crippen LogP contribution in [0.25, 0.3) is 0 Å². The molecule has 2 unspecified atom stereocenters. The Bertz CT molecular complexity index is 211. The molecule has 18 heavy (non-hydrogen) atoms. The molecule has 0 aromatic heterocycles. The van der Waals surface area contributed by atoms with Crippen molar-refractivity contribution in [1.82, 2.24) is 5.32 Å². The fourth-order valence-electron chi connectivity index (χ4n) is 3.25. The van der Waals surface area contributed by atoms with Crippen LogP contribution < -0.4 is 5.32 Å². The van der Waals surface area contributed by atoms with Crippen molar-refractivity contribution in [1.29, 1.82) is 0 Å². The van der Waals surface area contributed by atoms with Crippen LogP contribution in [-0.4, -0.2) is 38.5 Å². The molecule has 0 aromatic rings. The quantitative estimate of drug-likeness (QED) is 0.759. The van der Waals surface area contributed by atoms with E-state index < -0.39 is 0 Å². The monoisotopic (exact) mass is 255 g/mol. The SMILES string of the molecule is CCNC(COCC1CCCCO1)C1CCCC1. The predicted molar refractivity (Wildman–Crippen MR) is 73.8 cm³/mol. The Morgan fingerprint density at radius 3 is 2.61 bits per heavy atom. The maximum absolute atomic E-state index is 5.91. The molecule has 1 saturated heterocycles. The first-order valence-electron chi connectivity index (χ1n) is 7.83. The van der Waals surface area contributed by atoms with E-state index in [0.29, 0.717) is 12.1 Å². The fourth-order valence-corrected chi connectivity index (χ4v) is 3.25. The molecule has 0 amide bonds. The van der Waals surface area contributed by atoms with Crippen molar-refractivity contribution in [3.63, 3.8) is 0 Å². The molecular formula is C15H29NO2. The molecule has 0 radical (unpaired) electrons. The van der Waals surface area contributed by atoms with Gasteiger partial charge in [0.25, 0.3) is 0 Å². The highest BCUT2D eigenvalue weighted by Gasteiger charge is 2.24. The molecule has 3 nitrogen and oxygen atoms in total. The second kappa shape index (κ2) is 8.13. The molecule has 1 N–H and O–H groups in total. The predicted octanol–water partition coefficient (Wildman–Crippen LogP) is 2.74. The molecule has 0 aromatic carbocycles. The van der Waals surface area contributed by atoms with Crippen LogP contribution in [0.4, 0.5) is 0 Å². The van der Waals surface area contributed by atoms with Gasteiger partial charge in [-0.25, -0.2) is 0 Å². The van der Waals surface area contributed by atoms with Crippen molar-refractivity contribution in [2.75, 3.05) is 26.4 Å². The van der Waals surface area contributed by atoms with Crippen molar-refractivity contribution in [2.24, 2.45) is 5.92 Å². The van der Waals surface area contributed by atoms with Crippen LogP contribution in [0, 0.1) is 5.92 Å². The van der Waals surface area contributed by atoms with Gasteiger partial charge in [-0.1, -0.05) is 19.8 Å². The molecule has 1 aliphatic carbocycles. The first-order chi connectivity index (χ1) is 8.90. The van der Waals surface area contributed by atoms with E-state index in [9.17, 15) is 0 Å². The molecular weight excluding hydrogens is 226 g/mol. The number of nitrogens with one attached hydrogen (secondary N) is 1. The molecule has 1 saturated carbocycles. The van der Waals surface area contributed by atoms with Gasteiger partial charge in [0.2, 0.25) is 0 Å². The van der Waals surface area contributed by atoms with Gasteiger partial charge in [-0.3, -0.25) is 0 Å². The van der Waals surface area contributed by atoms with E-state index in [-0.39, 0.29) is 0 Å². The molecule has 1 heterocycles. The highest BCUT2D eigenvalue weighted by Crippen LogP contribution is 2.28. The summed E-state index contributed by atoms with van der Waals surface area (Å²) in [5.41, 5.74) is 0. The molecule has 0 spiro atoms. The molecule has 2 rings (SSSR count). The van der Waals surface area contributed by atoms with Crippen molar-refractivity contribution < 1.29 is 9.47 Å². The average Bonchev–Trinajstić information content (AvgIpc) is 2.93. The number of hydrogen-bond acceptors (Lipinski definition) is 3. The highest BCUT2D eigenvalue weighted by molar-refractivity contribution is 4.80. The number of ether oxygens (including phenoxy) is 2. The lowest BCUT2D eigenvalue weighted by Crippen LogP contribution is -2.40. The van der Waals surface area contributed by atoms with Crippen LogP contribution in [0.3, 0.4) is 0 Å². The van der Waals surface area contributed by atoms with Crippen LogP contribution in [0.15, 0.2) is 0 Å². The van der Waals surface area contributed by atoms with E-state index >= 15 is 0 Å². The zero-order chi connectivity index (χ0) is 12.6. The molecule has 2 fully saturated rings. The summed E-state index contributed by atoms with van der Waals surface area (Å²) in [6, 6.07) is 0.557. The van der Waals surface area contributed by atoms with Gasteiger partial charge in [0, 0.05) is 12.6 Å². The Hall–Kier alpha value is -0.120. The lowest BCUT2D eigenvalue weighted by Gasteiger charge is -2.26. The summed E-state index contributed by atoms with van der Waals surface area (Å²) in [7, 11) is 0. The summed E-state index contributed by atoms with van der Waals surface area (Å²) in [4.78, 5) is 0. The molecule has 2 aliphatic rings. The maximum atomic E-state index is 5.91. The van der Waals surface area contributed by atoms with E-state index in [1.807, 2.05) is 0 Å². The van der Waals surface area contributed by atoms with Crippen LogP contribution in [0.1, 0.15) is 51.9 Å². The Labute approximate surface area is 112 Å². The average molecular weight is 255 g/mol. The summed E-state index contributed by atoms with van der Waals surface area (Å²) in [6.07, 6.45) is 9.60. The molecule has 3 heteroatoms. The largest absolute Gasteiger partial charge is 0.377 e. The second-order valence-corrected chi connectivity index (χ2v) is 5.73. The van der Waals surface area contributed by atoms with Crippen LogP contribution in [0.5, 0.6) is 0 Å². The maximum Gasteiger partial charge on any atom is 0.0808 e. The third kappa shape index (κ3) is 4.52. The summed E-state index contributed by atoms with van der Waals surface area (Å²) >= 11 is 0. The highest BCUT2D eigenvalue weighted by atomic mass is 16.5. The Kier molecular flexibility index (Phi) is 6.46. The third-order valence-electron chi connectivity index (χ3n) is 4.31. The number of hydrogen-bond donors (Lipinski definition) is 1. The Balaban J connectivity index is 1.64. The molecule has 106 valence electrons. The van der Waals surface area contributed by atoms with E-state index in [1.165, 1.54) is 44.9 Å². The van der Waals surface area contributed by atoms with Gasteiger partial charge in [0.15, 0.2) is 0 Å². The van der Waals surface area contributed by atoms with E-state index in [2.05, 4.69) is 12.2 Å². The third-order valence-corrected chi connectivity index (χ3v) is 4.31. The molecule has 1 aliphatic heterocycles. The minimum atomic E-state index is 0.351. The molecule has 0 bridgehead atoms. The second-order valence-electron chi connectivity index (χ2n) is 5.73. The van der Waals surface area contributed by atoms with Gasteiger partial charge in [-0.15, -0.1) is 0 Å². The van der Waals surface area contributed by atoms with Crippen molar-refractivity contribution >= 4 is 0 Å². The molecule has 2 atom stereocenters. The lowest BCUT2D eigenvalue weighted by atomic mass is 9.99. The van der Waals surface area contributed by atoms with E-state index in [4.69, 9.17) is 9.47 Å². The summed E-state index contributed by atoms with van der Waals surface area (Å²) in [5.74, 6) is 0.831. The van der Waals surface area contributed by atoms with Gasteiger partial charge in [-0.05, 0) is 44.6 Å². The normalized spacial score (nSPS) is 27.5. The lowest BCUT2D eigenvalue weighted by molar-refractivity contribution is -0.0464. The zero-order valence-electron chi connectivity index (χ0n) is 11.8. The van der Waals surface area contributed by atoms with E-state index in [0.717, 1.165) is 32.3 Å². The minimum absolute atomic E-state index is 0.351. The Morgan fingerprint density at radius 1 is 1.17 bits per heavy atom. The minimum Gasteiger partial charge on any atom is -0.377 e. The Morgan fingerprint density at radius 2 is 1.94 bits per heavy atom. The van der Waals surface area contributed by atoms with Crippen molar-refractivity contribution in [3.05, 3.63) is 0 Å². The van der Waals surface area contributed by atoms with Crippen LogP contribution in [-0.2, 0) is 9.47 Å². The van der Waals surface area contributed by atoms with Gasteiger partial charge in [0.05, 0.1) is 19.3 Å². The zero-order valence-corrected chi connectivity index (χ0v) is 11.8. The van der Waals surface area contributed by atoms with Crippen molar-refractivity contribution in [3.8, 4) is 0 Å². The van der Waals surface area contributed by atoms with Gasteiger partial charge in [-0.2, -0.15) is 0 Å². The van der Waals surface area contributed by atoms with Crippen LogP contribution in [0.2, 0.25) is 0 Å². The van der Waals surface area contributed by atoms with Gasteiger partial charge < -0.3 is 14.8 Å². The van der Waals surface area contributed by atoms with Crippen molar-refractivity contribution in [2.45, 2.75) is 64.0 Å². The fraction of sp³-hybridized carbons (Fsp3) is 1.00. The summed E-state index contributed by atoms with van der Waals surface area (Å²) in [6.45, 7) is 5.80. The summed E-state index contributed by atoms with van der Waals surface area (Å²) in [5, 5.41) is 3.60. The smallest absolute Gasteiger partial charge is 0.0808 e. The first kappa shape index (κ1) is 14.3. The number of likely N-dealkylation sites (N-methyl/N-ethyl adjacent to an activating group) is 1. The van der Waals surface area contributed by atoms with E-state index in [1.54, 1.807) is 0 Å². The summed E-state index contributed by atoms with van der Waals surface area (Å²) < 4.78 is 11.6.